The van der Waals surface area contributed by atoms with E-state index >= 15 is 0 Å². The van der Waals surface area contributed by atoms with Crippen molar-refractivity contribution in [1.29, 1.82) is 0 Å². The molecule has 4 unspecified atom stereocenters. The number of nitrogens with two attached hydrogens (primary N) is 1. The molecule has 1 amide bonds. The van der Waals surface area contributed by atoms with Crippen LogP contribution in [0, 0.1) is 0 Å². The third kappa shape index (κ3) is 6.65. The number of hydrogen-bond acceptors (Lipinski definition) is 5. The van der Waals surface area contributed by atoms with E-state index in [9.17, 15) is 4.79 Å². The van der Waals surface area contributed by atoms with Gasteiger partial charge in [0.1, 0.15) is 0 Å². The van der Waals surface area contributed by atoms with Crippen molar-refractivity contribution in [3.05, 3.63) is 0 Å². The van der Waals surface area contributed by atoms with Gasteiger partial charge in [-0.1, -0.05) is 0 Å². The maximum Gasteiger partial charge on any atom is 0.225 e. The van der Waals surface area contributed by atoms with Gasteiger partial charge in [0.25, 0.3) is 0 Å². The summed E-state index contributed by atoms with van der Waals surface area (Å²) < 4.78 is 11.0. The fourth-order valence-corrected chi connectivity index (χ4v) is 3.66. The average molecular weight is 386 g/mol. The largest absolute Gasteiger partial charge is 0.380 e. The summed E-state index contributed by atoms with van der Waals surface area (Å²) in [6.45, 7) is 8.33. The summed E-state index contributed by atoms with van der Waals surface area (Å²) in [4.78, 5) is 17.0. The van der Waals surface area contributed by atoms with E-state index in [1.807, 2.05) is 4.90 Å². The van der Waals surface area contributed by atoms with Gasteiger partial charge in [0, 0.05) is 45.9 Å². The molecule has 0 spiro atoms. The molecule has 2 fully saturated rings. The predicted molar refractivity (Wildman–Crippen MR) is 100 cm³/mol. The molecule has 0 aromatic heterocycles. The lowest BCUT2D eigenvalue weighted by atomic mass is 10.1. The molecule has 6 nitrogen and oxygen atoms in total. The van der Waals surface area contributed by atoms with Crippen LogP contribution in [-0.2, 0) is 14.3 Å². The molecule has 144 valence electrons. The fourth-order valence-electron chi connectivity index (χ4n) is 3.66. The molecule has 0 radical (unpaired) electrons. The molecule has 2 rings (SSSR count). The number of likely N-dealkylation sites (tertiary alicyclic amines) is 1. The number of hydrogen-bond donors (Lipinski definition) is 1. The summed E-state index contributed by atoms with van der Waals surface area (Å²) in [6.07, 6.45) is 2.93. The standard InChI is InChI=1S/C16H31N3O3.2ClH/c1-12-9-18(10-13(2)22-12)11-14-5-4-6-19(14)16(20)7-15(8-17)21-3;;/h12-15H,4-11,17H2,1-3H3;2*1H. The summed E-state index contributed by atoms with van der Waals surface area (Å²) in [7, 11) is 1.61. The van der Waals surface area contributed by atoms with E-state index in [2.05, 4.69) is 18.7 Å². The van der Waals surface area contributed by atoms with Crippen molar-refractivity contribution in [2.75, 3.05) is 39.8 Å². The Kier molecular flexibility index (Phi) is 11.4. The lowest BCUT2D eigenvalue weighted by Crippen LogP contribution is -2.51. The molecule has 2 saturated heterocycles. The summed E-state index contributed by atoms with van der Waals surface area (Å²) in [5, 5.41) is 0. The van der Waals surface area contributed by atoms with E-state index in [1.54, 1.807) is 7.11 Å². The topological polar surface area (TPSA) is 68.0 Å². The molecule has 8 heteroatoms. The average Bonchev–Trinajstić information content (AvgIpc) is 2.91. The Hall–Kier alpha value is -0.110. The monoisotopic (exact) mass is 385 g/mol. The number of morpholine rings is 1. The highest BCUT2D eigenvalue weighted by Gasteiger charge is 2.32. The summed E-state index contributed by atoms with van der Waals surface area (Å²) in [6, 6.07) is 0.320. The number of rotatable bonds is 6. The van der Waals surface area contributed by atoms with Gasteiger partial charge in [-0.15, -0.1) is 24.8 Å². The molecule has 2 heterocycles. The predicted octanol–water partition coefficient (Wildman–Crippen LogP) is 1.29. The van der Waals surface area contributed by atoms with Gasteiger partial charge in [-0.05, 0) is 26.7 Å². The van der Waals surface area contributed by atoms with Crippen LogP contribution in [0.25, 0.3) is 0 Å². The number of amides is 1. The van der Waals surface area contributed by atoms with E-state index in [-0.39, 0.29) is 49.0 Å². The zero-order valence-electron chi connectivity index (χ0n) is 15.0. The molecule has 2 aliphatic rings. The minimum atomic E-state index is -0.169. The van der Waals surface area contributed by atoms with Crippen LogP contribution >= 0.6 is 24.8 Å². The maximum atomic E-state index is 12.5. The summed E-state index contributed by atoms with van der Waals surface area (Å²) in [5.74, 6) is 0.175. The third-order valence-corrected chi connectivity index (χ3v) is 4.66. The van der Waals surface area contributed by atoms with Gasteiger partial charge in [-0.2, -0.15) is 0 Å². The quantitative estimate of drug-likeness (QED) is 0.745. The molecule has 2 aliphatic heterocycles. The van der Waals surface area contributed by atoms with E-state index in [1.165, 1.54) is 0 Å². The van der Waals surface area contributed by atoms with Crippen molar-refractivity contribution in [2.24, 2.45) is 5.73 Å². The van der Waals surface area contributed by atoms with Crippen LogP contribution < -0.4 is 5.73 Å². The Labute approximate surface area is 158 Å². The minimum Gasteiger partial charge on any atom is -0.380 e. The maximum absolute atomic E-state index is 12.5. The Morgan fingerprint density at radius 1 is 1.29 bits per heavy atom. The molecule has 0 bridgehead atoms. The second-order valence-corrected chi connectivity index (χ2v) is 6.66. The first-order chi connectivity index (χ1) is 10.5. The van der Waals surface area contributed by atoms with Gasteiger partial charge in [0.05, 0.1) is 24.7 Å². The first-order valence-corrected chi connectivity index (χ1v) is 8.43. The lowest BCUT2D eigenvalue weighted by Gasteiger charge is -2.38. The van der Waals surface area contributed by atoms with Crippen molar-refractivity contribution < 1.29 is 14.3 Å². The number of carbonyl (C=O) groups excluding carboxylic acids is 1. The lowest BCUT2D eigenvalue weighted by molar-refractivity contribution is -0.135. The highest BCUT2D eigenvalue weighted by atomic mass is 35.5. The number of methoxy groups -OCH3 is 1. The second kappa shape index (κ2) is 11.5. The van der Waals surface area contributed by atoms with Gasteiger partial charge < -0.3 is 20.1 Å². The van der Waals surface area contributed by atoms with E-state index < -0.39 is 0 Å². The molecule has 2 N–H and O–H groups in total. The first kappa shape index (κ1) is 23.9. The first-order valence-electron chi connectivity index (χ1n) is 8.43. The molecular formula is C16H33Cl2N3O3. The minimum absolute atomic E-state index is 0. The number of nitrogens with zero attached hydrogens (tertiary/aromatic N) is 2. The highest BCUT2D eigenvalue weighted by molar-refractivity contribution is 5.85. The van der Waals surface area contributed by atoms with Crippen LogP contribution in [0.2, 0.25) is 0 Å². The second-order valence-electron chi connectivity index (χ2n) is 6.66. The Morgan fingerprint density at radius 3 is 2.46 bits per heavy atom. The Bertz CT molecular complexity index is 362. The van der Waals surface area contributed by atoms with Gasteiger partial charge in [-0.25, -0.2) is 0 Å². The van der Waals surface area contributed by atoms with Crippen LogP contribution in [0.5, 0.6) is 0 Å². The molecule has 24 heavy (non-hydrogen) atoms. The van der Waals surface area contributed by atoms with Crippen LogP contribution in [0.4, 0.5) is 0 Å². The SMILES string of the molecule is COC(CN)CC(=O)N1CCCC1CN1CC(C)OC(C)C1.Cl.Cl. The molecule has 0 aliphatic carbocycles. The normalized spacial score (nSPS) is 28.8. The molecule has 0 aromatic carbocycles. The Balaban J connectivity index is 0.00000264. The number of ether oxygens (including phenoxy) is 2. The van der Waals surface area contributed by atoms with Crippen LogP contribution in [-0.4, -0.2) is 79.9 Å². The van der Waals surface area contributed by atoms with Crippen molar-refractivity contribution in [3.8, 4) is 0 Å². The van der Waals surface area contributed by atoms with E-state index in [0.29, 0.717) is 19.0 Å². The van der Waals surface area contributed by atoms with Gasteiger partial charge in [-0.3, -0.25) is 9.69 Å². The van der Waals surface area contributed by atoms with E-state index in [0.717, 1.165) is 39.0 Å². The Morgan fingerprint density at radius 2 is 1.92 bits per heavy atom. The van der Waals surface area contributed by atoms with Crippen LogP contribution in [0.15, 0.2) is 0 Å². The van der Waals surface area contributed by atoms with Gasteiger partial charge >= 0.3 is 0 Å². The van der Waals surface area contributed by atoms with Gasteiger partial charge in [0.15, 0.2) is 0 Å². The van der Waals surface area contributed by atoms with Crippen molar-refractivity contribution in [1.82, 2.24) is 9.80 Å². The van der Waals surface area contributed by atoms with E-state index in [4.69, 9.17) is 15.2 Å². The molecular weight excluding hydrogens is 353 g/mol. The van der Waals surface area contributed by atoms with Crippen LogP contribution in [0.3, 0.4) is 0 Å². The molecule has 4 atom stereocenters. The van der Waals surface area contributed by atoms with Crippen molar-refractivity contribution in [2.45, 2.75) is 57.5 Å². The molecule has 0 aromatic rings. The number of carbonyl (C=O) groups is 1. The smallest absolute Gasteiger partial charge is 0.225 e. The van der Waals surface area contributed by atoms with Crippen molar-refractivity contribution in [3.63, 3.8) is 0 Å². The zero-order chi connectivity index (χ0) is 16.1. The highest BCUT2D eigenvalue weighted by Crippen LogP contribution is 2.22. The zero-order valence-corrected chi connectivity index (χ0v) is 16.6. The summed E-state index contributed by atoms with van der Waals surface area (Å²) >= 11 is 0. The van der Waals surface area contributed by atoms with Gasteiger partial charge in [0.2, 0.25) is 5.91 Å². The van der Waals surface area contributed by atoms with Crippen LogP contribution in [0.1, 0.15) is 33.1 Å². The molecule has 0 saturated carbocycles. The number of halogens is 2. The van der Waals surface area contributed by atoms with Crippen molar-refractivity contribution >= 4 is 30.7 Å². The fraction of sp³-hybridized carbons (Fsp3) is 0.938. The summed E-state index contributed by atoms with van der Waals surface area (Å²) in [5.41, 5.74) is 5.63. The third-order valence-electron chi connectivity index (χ3n) is 4.66.